The van der Waals surface area contributed by atoms with Gasteiger partial charge in [-0.25, -0.2) is 9.48 Å². The van der Waals surface area contributed by atoms with E-state index in [1.807, 2.05) is 36.4 Å². The fourth-order valence-corrected chi connectivity index (χ4v) is 3.08. The van der Waals surface area contributed by atoms with E-state index in [2.05, 4.69) is 30.3 Å². The van der Waals surface area contributed by atoms with Crippen molar-refractivity contribution in [3.8, 4) is 11.3 Å². The Hall–Kier alpha value is -2.89. The molecule has 0 aliphatic carbocycles. The van der Waals surface area contributed by atoms with Crippen molar-refractivity contribution >= 4 is 6.03 Å². The van der Waals surface area contributed by atoms with Crippen molar-refractivity contribution in [2.45, 2.75) is 26.4 Å². The average Bonchev–Trinajstić information content (AvgIpc) is 3.14. The number of rotatable bonds is 5. The summed E-state index contributed by atoms with van der Waals surface area (Å²) in [4.78, 5) is 26.2. The number of carbonyl (C=O) groups excluding carboxylic acids is 1. The minimum absolute atomic E-state index is 0.110. The van der Waals surface area contributed by atoms with Gasteiger partial charge in [0.25, 0.3) is 5.56 Å². The number of hydrogen-bond donors (Lipinski definition) is 1. The van der Waals surface area contributed by atoms with Crippen molar-refractivity contribution in [1.29, 1.82) is 0 Å². The van der Waals surface area contributed by atoms with Gasteiger partial charge >= 0.3 is 6.03 Å². The number of amides is 2. The molecule has 0 fully saturated rings. The number of nitrogens with zero attached hydrogens (tertiary/aromatic N) is 3. The first-order chi connectivity index (χ1) is 12.6. The smallest absolute Gasteiger partial charge is 0.318 e. The van der Waals surface area contributed by atoms with Gasteiger partial charge in [0.1, 0.15) is 0 Å². The Labute approximate surface area is 153 Å². The summed E-state index contributed by atoms with van der Waals surface area (Å²) >= 11 is 0. The molecule has 1 aromatic carbocycles. The van der Waals surface area contributed by atoms with E-state index in [-0.39, 0.29) is 17.6 Å². The Morgan fingerprint density at radius 3 is 2.73 bits per heavy atom. The zero-order chi connectivity index (χ0) is 18.5. The van der Waals surface area contributed by atoms with E-state index < -0.39 is 0 Å². The number of urea groups is 1. The zero-order valence-electron chi connectivity index (χ0n) is 15.1. The molecule has 0 saturated carbocycles. The van der Waals surface area contributed by atoms with Crippen molar-refractivity contribution in [3.05, 3.63) is 65.0 Å². The fourth-order valence-electron chi connectivity index (χ4n) is 3.08. The molecule has 0 radical (unpaired) electrons. The monoisotopic (exact) mass is 352 g/mol. The maximum Gasteiger partial charge on any atom is 0.318 e. The Balaban J connectivity index is 1.61. The maximum absolute atomic E-state index is 12.4. The second-order valence-electron chi connectivity index (χ2n) is 6.69. The SMILES string of the molecule is CC(C)[C@H]1C=CCN1C(=O)NCCn1nc(-c2ccccc2)ccc1=O. The molecule has 3 rings (SSSR count). The largest absolute Gasteiger partial charge is 0.336 e. The molecule has 0 spiro atoms. The molecule has 2 heterocycles. The number of aromatic nitrogens is 2. The van der Waals surface area contributed by atoms with Gasteiger partial charge in [-0.05, 0) is 12.0 Å². The molecule has 6 nitrogen and oxygen atoms in total. The minimum atomic E-state index is -0.179. The van der Waals surface area contributed by atoms with Gasteiger partial charge in [0, 0.05) is 24.7 Å². The fraction of sp³-hybridized carbons (Fsp3) is 0.350. The van der Waals surface area contributed by atoms with E-state index in [1.165, 1.54) is 10.7 Å². The summed E-state index contributed by atoms with van der Waals surface area (Å²) in [7, 11) is 0. The highest BCUT2D eigenvalue weighted by Crippen LogP contribution is 2.17. The van der Waals surface area contributed by atoms with Crippen LogP contribution in [-0.4, -0.2) is 39.8 Å². The quantitative estimate of drug-likeness (QED) is 0.841. The van der Waals surface area contributed by atoms with E-state index in [0.717, 1.165) is 11.3 Å². The van der Waals surface area contributed by atoms with Crippen LogP contribution in [0, 0.1) is 5.92 Å². The summed E-state index contributed by atoms with van der Waals surface area (Å²) in [5.41, 5.74) is 1.51. The Bertz CT molecular complexity index is 842. The van der Waals surface area contributed by atoms with Crippen LogP contribution in [0.25, 0.3) is 11.3 Å². The summed E-state index contributed by atoms with van der Waals surface area (Å²) in [5, 5.41) is 7.30. The molecule has 6 heteroatoms. The highest BCUT2D eigenvalue weighted by atomic mass is 16.2. The number of benzene rings is 1. The van der Waals surface area contributed by atoms with Crippen LogP contribution in [0.3, 0.4) is 0 Å². The molecule has 0 unspecified atom stereocenters. The Morgan fingerprint density at radius 1 is 1.23 bits per heavy atom. The molecule has 2 amide bonds. The third kappa shape index (κ3) is 4.02. The van der Waals surface area contributed by atoms with Crippen molar-refractivity contribution < 1.29 is 4.79 Å². The molecule has 1 aliphatic heterocycles. The topological polar surface area (TPSA) is 67.2 Å². The lowest BCUT2D eigenvalue weighted by Crippen LogP contribution is -2.46. The molecule has 1 aromatic heterocycles. The number of nitrogens with one attached hydrogen (secondary N) is 1. The molecule has 1 atom stereocenters. The first-order valence-electron chi connectivity index (χ1n) is 8.91. The molecule has 0 saturated heterocycles. The van der Waals surface area contributed by atoms with Gasteiger partial charge in [0.15, 0.2) is 0 Å². The average molecular weight is 352 g/mol. The summed E-state index contributed by atoms with van der Waals surface area (Å²) < 4.78 is 1.39. The predicted octanol–water partition coefficient (Wildman–Crippen LogP) is 2.52. The third-order valence-electron chi connectivity index (χ3n) is 4.48. The van der Waals surface area contributed by atoms with Gasteiger partial charge < -0.3 is 10.2 Å². The van der Waals surface area contributed by atoms with Crippen molar-refractivity contribution in [3.63, 3.8) is 0 Å². The first-order valence-corrected chi connectivity index (χ1v) is 8.91. The minimum Gasteiger partial charge on any atom is -0.336 e. The molecule has 26 heavy (non-hydrogen) atoms. The summed E-state index contributed by atoms with van der Waals surface area (Å²) in [6.07, 6.45) is 4.08. The lowest BCUT2D eigenvalue weighted by atomic mass is 10.1. The normalized spacial score (nSPS) is 16.3. The van der Waals surface area contributed by atoms with Crippen LogP contribution in [0.15, 0.2) is 59.4 Å². The molecular weight excluding hydrogens is 328 g/mol. The zero-order valence-corrected chi connectivity index (χ0v) is 15.1. The lowest BCUT2D eigenvalue weighted by molar-refractivity contribution is 0.185. The molecule has 136 valence electrons. The van der Waals surface area contributed by atoms with E-state index in [0.29, 0.717) is 25.6 Å². The summed E-state index contributed by atoms with van der Waals surface area (Å²) in [5.74, 6) is 0.367. The van der Waals surface area contributed by atoms with E-state index in [4.69, 9.17) is 0 Å². The second kappa shape index (κ2) is 7.99. The van der Waals surface area contributed by atoms with Crippen LogP contribution in [0.4, 0.5) is 4.79 Å². The molecular formula is C20H24N4O2. The van der Waals surface area contributed by atoms with Gasteiger partial charge in [-0.2, -0.15) is 5.10 Å². The standard InChI is InChI=1S/C20H24N4O2/c1-15(2)18-9-6-13-23(18)20(26)21-12-14-24-19(25)11-10-17(22-24)16-7-4-3-5-8-16/h3-11,15,18H,12-14H2,1-2H3,(H,21,26)/t18-/m1/s1. The van der Waals surface area contributed by atoms with Crippen LogP contribution >= 0.6 is 0 Å². The van der Waals surface area contributed by atoms with E-state index in [9.17, 15) is 9.59 Å². The van der Waals surface area contributed by atoms with E-state index in [1.54, 1.807) is 11.0 Å². The van der Waals surface area contributed by atoms with Crippen LogP contribution in [0.2, 0.25) is 0 Å². The number of hydrogen-bond acceptors (Lipinski definition) is 3. The predicted molar refractivity (Wildman–Crippen MR) is 102 cm³/mol. The summed E-state index contributed by atoms with van der Waals surface area (Å²) in [6, 6.07) is 12.9. The van der Waals surface area contributed by atoms with Crippen LogP contribution in [0.5, 0.6) is 0 Å². The maximum atomic E-state index is 12.4. The first kappa shape index (κ1) is 17.9. The highest BCUT2D eigenvalue weighted by Gasteiger charge is 2.26. The van der Waals surface area contributed by atoms with Gasteiger partial charge in [-0.1, -0.05) is 56.3 Å². The lowest BCUT2D eigenvalue weighted by Gasteiger charge is -2.27. The molecule has 2 aromatic rings. The molecule has 1 N–H and O–H groups in total. The Morgan fingerprint density at radius 2 is 2.00 bits per heavy atom. The summed E-state index contributed by atoms with van der Waals surface area (Å²) in [6.45, 7) is 5.50. The van der Waals surface area contributed by atoms with Crippen molar-refractivity contribution in [2.75, 3.05) is 13.1 Å². The third-order valence-corrected chi connectivity index (χ3v) is 4.48. The van der Waals surface area contributed by atoms with Crippen LogP contribution < -0.4 is 10.9 Å². The van der Waals surface area contributed by atoms with Crippen LogP contribution in [-0.2, 0) is 6.54 Å². The van der Waals surface area contributed by atoms with Crippen molar-refractivity contribution in [2.24, 2.45) is 5.92 Å². The Kier molecular flexibility index (Phi) is 5.51. The van der Waals surface area contributed by atoms with Gasteiger partial charge in [-0.3, -0.25) is 4.79 Å². The van der Waals surface area contributed by atoms with Gasteiger partial charge in [-0.15, -0.1) is 0 Å². The molecule has 0 bridgehead atoms. The highest BCUT2D eigenvalue weighted by molar-refractivity contribution is 5.75. The second-order valence-corrected chi connectivity index (χ2v) is 6.69. The van der Waals surface area contributed by atoms with Crippen LogP contribution in [0.1, 0.15) is 13.8 Å². The number of carbonyl (C=O) groups is 1. The molecule has 1 aliphatic rings. The van der Waals surface area contributed by atoms with E-state index >= 15 is 0 Å². The van der Waals surface area contributed by atoms with Crippen molar-refractivity contribution in [1.82, 2.24) is 20.0 Å². The van der Waals surface area contributed by atoms with Gasteiger partial charge in [0.2, 0.25) is 0 Å². The van der Waals surface area contributed by atoms with Gasteiger partial charge in [0.05, 0.1) is 18.3 Å².